The molecule has 0 saturated carbocycles. The highest BCUT2D eigenvalue weighted by molar-refractivity contribution is 4.74. The molecule has 4 unspecified atom stereocenters. The van der Waals surface area contributed by atoms with Crippen molar-refractivity contribution in [3.8, 4) is 0 Å². The van der Waals surface area contributed by atoms with Gasteiger partial charge >= 0.3 is 0 Å². The highest BCUT2D eigenvalue weighted by Gasteiger charge is 2.25. The Labute approximate surface area is 134 Å². The Hall–Kier alpha value is -0.320. The summed E-state index contributed by atoms with van der Waals surface area (Å²) >= 11 is 0. The van der Waals surface area contributed by atoms with Crippen molar-refractivity contribution < 1.29 is 18.9 Å². The average Bonchev–Trinajstić information content (AvgIpc) is 2.53. The SMILES string of the molecule is COC1CNC(OC)CN(C)C(OC)CN(C)C(OC)CN1. The van der Waals surface area contributed by atoms with Gasteiger partial charge in [0.15, 0.2) is 0 Å². The normalized spacial score (nSPS) is 34.1. The molecular formula is C14H32N4O4. The molecule has 4 atom stereocenters. The monoisotopic (exact) mass is 320 g/mol. The van der Waals surface area contributed by atoms with E-state index < -0.39 is 0 Å². The molecule has 1 rings (SSSR count). The van der Waals surface area contributed by atoms with E-state index in [0.29, 0.717) is 19.6 Å². The fourth-order valence-corrected chi connectivity index (χ4v) is 2.49. The summed E-state index contributed by atoms with van der Waals surface area (Å²) in [6.07, 6.45) is -0.294. The molecule has 1 saturated heterocycles. The second kappa shape index (κ2) is 10.5. The summed E-state index contributed by atoms with van der Waals surface area (Å²) in [5.74, 6) is 0. The van der Waals surface area contributed by atoms with Crippen LogP contribution in [0, 0.1) is 0 Å². The van der Waals surface area contributed by atoms with E-state index in [1.807, 2.05) is 14.1 Å². The lowest BCUT2D eigenvalue weighted by Crippen LogP contribution is -2.56. The van der Waals surface area contributed by atoms with Crippen molar-refractivity contribution in [3.05, 3.63) is 0 Å². The average molecular weight is 320 g/mol. The minimum Gasteiger partial charge on any atom is -0.365 e. The number of nitrogens with one attached hydrogen (secondary N) is 2. The first-order valence-corrected chi connectivity index (χ1v) is 7.54. The lowest BCUT2D eigenvalue weighted by atomic mass is 10.3. The topological polar surface area (TPSA) is 67.5 Å². The maximum Gasteiger partial charge on any atom is 0.123 e. The molecule has 0 radical (unpaired) electrons. The predicted molar refractivity (Wildman–Crippen MR) is 84.5 cm³/mol. The van der Waals surface area contributed by atoms with Gasteiger partial charge in [0.05, 0.1) is 0 Å². The van der Waals surface area contributed by atoms with Gasteiger partial charge < -0.3 is 18.9 Å². The molecule has 8 heteroatoms. The Bertz CT molecular complexity index is 298. The molecule has 1 aliphatic heterocycles. The minimum absolute atomic E-state index is 0.0419. The minimum atomic E-state index is -0.105. The number of rotatable bonds is 4. The molecule has 0 aromatic heterocycles. The van der Waals surface area contributed by atoms with Gasteiger partial charge in [0.2, 0.25) is 0 Å². The van der Waals surface area contributed by atoms with Crippen LogP contribution in [0.15, 0.2) is 0 Å². The maximum atomic E-state index is 5.61. The molecule has 1 heterocycles. The molecule has 2 N–H and O–H groups in total. The molecule has 0 bridgehead atoms. The van der Waals surface area contributed by atoms with E-state index in [-0.39, 0.29) is 24.9 Å². The van der Waals surface area contributed by atoms with E-state index in [2.05, 4.69) is 20.4 Å². The first-order valence-electron chi connectivity index (χ1n) is 7.54. The summed E-state index contributed by atoms with van der Waals surface area (Å²) in [7, 11) is 10.9. The van der Waals surface area contributed by atoms with Gasteiger partial charge in [-0.1, -0.05) is 0 Å². The van der Waals surface area contributed by atoms with E-state index in [9.17, 15) is 0 Å². The number of nitrogens with zero attached hydrogens (tertiary/aromatic N) is 2. The number of hydrogen-bond donors (Lipinski definition) is 2. The van der Waals surface area contributed by atoms with Crippen LogP contribution in [-0.2, 0) is 18.9 Å². The number of likely N-dealkylation sites (N-methyl/N-ethyl adjacent to an activating group) is 2. The lowest BCUT2D eigenvalue weighted by Gasteiger charge is -2.37. The van der Waals surface area contributed by atoms with Crippen LogP contribution >= 0.6 is 0 Å². The molecule has 8 nitrogen and oxygen atoms in total. The third-order valence-electron chi connectivity index (χ3n) is 4.05. The predicted octanol–water partition coefficient (Wildman–Crippen LogP) is -1.07. The molecule has 0 aromatic rings. The number of ether oxygens (including phenoxy) is 4. The summed E-state index contributed by atoms with van der Waals surface area (Å²) < 4.78 is 22.1. The zero-order chi connectivity index (χ0) is 16.5. The molecule has 0 aliphatic carbocycles. The number of methoxy groups -OCH3 is 4. The molecule has 0 amide bonds. The Kier molecular flexibility index (Phi) is 9.37. The Morgan fingerprint density at radius 1 is 0.682 bits per heavy atom. The standard InChI is InChI=1S/C14H32N4O4/c1-17-9-12(20-4)15-7-11(19-3)16-8-13(21-5)18(2)10-14(17)22-6/h11-16H,7-10H2,1-6H3. The van der Waals surface area contributed by atoms with Gasteiger partial charge in [-0.15, -0.1) is 0 Å². The van der Waals surface area contributed by atoms with Crippen molar-refractivity contribution in [1.29, 1.82) is 0 Å². The van der Waals surface area contributed by atoms with Gasteiger partial charge in [-0.05, 0) is 14.1 Å². The van der Waals surface area contributed by atoms with Crippen molar-refractivity contribution in [2.24, 2.45) is 0 Å². The summed E-state index contributed by atoms with van der Waals surface area (Å²) in [6.45, 7) is 2.73. The highest BCUT2D eigenvalue weighted by atomic mass is 16.5. The van der Waals surface area contributed by atoms with Gasteiger partial charge in [-0.3, -0.25) is 20.4 Å². The zero-order valence-electron chi connectivity index (χ0n) is 14.7. The van der Waals surface area contributed by atoms with Crippen molar-refractivity contribution >= 4 is 0 Å². The van der Waals surface area contributed by atoms with Crippen LogP contribution in [-0.4, -0.2) is 103 Å². The van der Waals surface area contributed by atoms with Crippen LogP contribution in [0.3, 0.4) is 0 Å². The summed E-state index contributed by atoms with van der Waals surface area (Å²) in [5.41, 5.74) is 0. The maximum absolute atomic E-state index is 5.61. The van der Waals surface area contributed by atoms with Crippen LogP contribution in [0.2, 0.25) is 0 Å². The van der Waals surface area contributed by atoms with E-state index in [1.165, 1.54) is 0 Å². The fourth-order valence-electron chi connectivity index (χ4n) is 2.49. The molecule has 22 heavy (non-hydrogen) atoms. The quantitative estimate of drug-likeness (QED) is 0.679. The summed E-state index contributed by atoms with van der Waals surface area (Å²) in [6, 6.07) is 0. The number of hydrogen-bond acceptors (Lipinski definition) is 8. The van der Waals surface area contributed by atoms with Crippen molar-refractivity contribution in [2.75, 3.05) is 68.7 Å². The Morgan fingerprint density at radius 3 is 1.77 bits per heavy atom. The van der Waals surface area contributed by atoms with Crippen LogP contribution in [0.25, 0.3) is 0 Å². The summed E-state index contributed by atoms with van der Waals surface area (Å²) in [4.78, 5) is 4.25. The zero-order valence-corrected chi connectivity index (χ0v) is 14.7. The second-order valence-corrected chi connectivity index (χ2v) is 5.53. The summed E-state index contributed by atoms with van der Waals surface area (Å²) in [5, 5.41) is 6.69. The molecule has 1 fully saturated rings. The highest BCUT2D eigenvalue weighted by Crippen LogP contribution is 2.07. The van der Waals surface area contributed by atoms with Crippen LogP contribution < -0.4 is 10.6 Å². The van der Waals surface area contributed by atoms with Crippen LogP contribution in [0.4, 0.5) is 0 Å². The Balaban J connectivity index is 2.81. The van der Waals surface area contributed by atoms with Gasteiger partial charge in [-0.2, -0.15) is 0 Å². The van der Waals surface area contributed by atoms with Crippen LogP contribution in [0.5, 0.6) is 0 Å². The molecule has 132 valence electrons. The van der Waals surface area contributed by atoms with Crippen molar-refractivity contribution in [1.82, 2.24) is 20.4 Å². The van der Waals surface area contributed by atoms with Crippen LogP contribution in [0.1, 0.15) is 0 Å². The van der Waals surface area contributed by atoms with E-state index in [0.717, 1.165) is 6.54 Å². The van der Waals surface area contributed by atoms with Crippen molar-refractivity contribution in [3.63, 3.8) is 0 Å². The van der Waals surface area contributed by atoms with Crippen molar-refractivity contribution in [2.45, 2.75) is 24.9 Å². The van der Waals surface area contributed by atoms with E-state index >= 15 is 0 Å². The van der Waals surface area contributed by atoms with Gasteiger partial charge in [-0.25, -0.2) is 0 Å². The second-order valence-electron chi connectivity index (χ2n) is 5.53. The van der Waals surface area contributed by atoms with Gasteiger partial charge in [0.25, 0.3) is 0 Å². The third-order valence-corrected chi connectivity index (χ3v) is 4.05. The smallest absolute Gasteiger partial charge is 0.123 e. The molecule has 1 aliphatic rings. The van der Waals surface area contributed by atoms with E-state index in [4.69, 9.17) is 18.9 Å². The molecule has 0 aromatic carbocycles. The Morgan fingerprint density at radius 2 is 1.23 bits per heavy atom. The van der Waals surface area contributed by atoms with E-state index in [1.54, 1.807) is 28.4 Å². The third kappa shape index (κ3) is 6.05. The van der Waals surface area contributed by atoms with Gasteiger partial charge in [0.1, 0.15) is 24.9 Å². The first kappa shape index (κ1) is 19.7. The first-order chi connectivity index (χ1) is 10.5. The fraction of sp³-hybridized carbons (Fsp3) is 1.00. The largest absolute Gasteiger partial charge is 0.365 e. The van der Waals surface area contributed by atoms with Gasteiger partial charge in [0, 0.05) is 54.6 Å². The lowest BCUT2D eigenvalue weighted by molar-refractivity contribution is -0.101. The molecule has 0 spiro atoms. The molecular weight excluding hydrogens is 288 g/mol.